The molecular weight excluding hydrogens is 220 g/mol. The maximum Gasteiger partial charge on any atom is 0.103 e. The Hall–Kier alpha value is -1.33. The molecule has 0 aromatic heterocycles. The van der Waals surface area contributed by atoms with Gasteiger partial charge < -0.3 is 0 Å². The van der Waals surface area contributed by atoms with Gasteiger partial charge in [0.25, 0.3) is 0 Å². The number of nitrogens with zero attached hydrogens (tertiary/aromatic N) is 2. The van der Waals surface area contributed by atoms with Crippen LogP contribution in [0.5, 0.6) is 0 Å². The van der Waals surface area contributed by atoms with E-state index in [2.05, 4.69) is 29.2 Å². The normalized spacial score (nSPS) is 14.6. The Morgan fingerprint density at radius 1 is 1.28 bits per heavy atom. The summed E-state index contributed by atoms with van der Waals surface area (Å²) in [6.07, 6.45) is 4.81. The molecule has 0 aliphatic heterocycles. The van der Waals surface area contributed by atoms with Crippen LogP contribution in [0.2, 0.25) is 0 Å². The molecule has 1 aromatic carbocycles. The van der Waals surface area contributed by atoms with Gasteiger partial charge in [-0.3, -0.25) is 4.90 Å². The maximum absolute atomic E-state index is 9.10. The lowest BCUT2D eigenvalue weighted by molar-refractivity contribution is 0.214. The number of nitriles is 1. The van der Waals surface area contributed by atoms with Crippen LogP contribution in [-0.2, 0) is 19.3 Å². The molecule has 2 nitrogen and oxygen atoms in total. The number of likely N-dealkylation sites (N-methyl/N-ethyl adjacent to an activating group) is 1. The summed E-state index contributed by atoms with van der Waals surface area (Å²) in [5, 5.41) is 9.10. The fraction of sp³-hybridized carbons (Fsp3) is 0.562. The molecule has 0 fully saturated rings. The molecule has 0 amide bonds. The van der Waals surface area contributed by atoms with E-state index in [0.29, 0.717) is 0 Å². The van der Waals surface area contributed by atoms with Crippen LogP contribution < -0.4 is 0 Å². The number of aryl methyl sites for hydroxylation is 2. The van der Waals surface area contributed by atoms with Crippen molar-refractivity contribution in [1.82, 2.24) is 4.90 Å². The van der Waals surface area contributed by atoms with E-state index in [1.165, 1.54) is 36.0 Å². The van der Waals surface area contributed by atoms with Gasteiger partial charge in [-0.25, -0.2) is 0 Å². The van der Waals surface area contributed by atoms with Gasteiger partial charge in [-0.15, -0.1) is 0 Å². The first-order chi connectivity index (χ1) is 8.53. The number of fused-ring (bicyclic) bond motifs is 1. The van der Waals surface area contributed by atoms with Crippen LogP contribution in [0, 0.1) is 11.3 Å². The number of hydrogen-bond acceptors (Lipinski definition) is 2. The Morgan fingerprint density at radius 2 is 2.00 bits per heavy atom. The number of hydrogen-bond donors (Lipinski definition) is 0. The molecule has 0 saturated carbocycles. The van der Waals surface area contributed by atoms with Crippen molar-refractivity contribution in [3.8, 4) is 6.07 Å². The summed E-state index contributed by atoms with van der Waals surface area (Å²) in [5.74, 6) is 0. The van der Waals surface area contributed by atoms with Crippen LogP contribution >= 0.6 is 0 Å². The third kappa shape index (κ3) is 2.73. The predicted molar refractivity (Wildman–Crippen MR) is 74.5 cm³/mol. The highest BCUT2D eigenvalue weighted by Gasteiger charge is 2.22. The summed E-state index contributed by atoms with van der Waals surface area (Å²) in [6, 6.07) is 9.23. The van der Waals surface area contributed by atoms with Crippen LogP contribution in [0.4, 0.5) is 0 Å². The lowest BCUT2D eigenvalue weighted by Crippen LogP contribution is -2.40. The summed E-state index contributed by atoms with van der Waals surface area (Å²) in [5.41, 5.74) is 4.09. The molecular formula is C16H22N2. The first-order valence-electron chi connectivity index (χ1n) is 6.76. The molecule has 0 atom stereocenters. The summed E-state index contributed by atoms with van der Waals surface area (Å²) in [4.78, 5) is 2.13. The fourth-order valence-electron chi connectivity index (χ4n) is 2.44. The standard InChI is InChI=1S/C16H22N2/c1-16(2,12-17)18(3)10-9-13-7-8-14-5-4-6-15(14)11-13/h7-8,11H,4-6,9-10H2,1-3H3. The average molecular weight is 242 g/mol. The second-order valence-corrected chi connectivity index (χ2v) is 5.80. The SMILES string of the molecule is CN(CCc1ccc2c(c1)CCC2)C(C)(C)C#N. The van der Waals surface area contributed by atoms with Crippen molar-refractivity contribution in [3.05, 3.63) is 34.9 Å². The predicted octanol–water partition coefficient (Wildman–Crippen LogP) is 2.95. The molecule has 0 radical (unpaired) electrons. The van der Waals surface area contributed by atoms with Gasteiger partial charge >= 0.3 is 0 Å². The van der Waals surface area contributed by atoms with E-state index >= 15 is 0 Å². The van der Waals surface area contributed by atoms with E-state index in [1.807, 2.05) is 20.9 Å². The van der Waals surface area contributed by atoms with Crippen molar-refractivity contribution in [1.29, 1.82) is 5.26 Å². The molecule has 0 saturated heterocycles. The Labute approximate surface area is 110 Å². The van der Waals surface area contributed by atoms with Gasteiger partial charge in [-0.05, 0) is 63.3 Å². The molecule has 96 valence electrons. The summed E-state index contributed by atoms with van der Waals surface area (Å²) in [6.45, 7) is 4.87. The monoisotopic (exact) mass is 242 g/mol. The van der Waals surface area contributed by atoms with Gasteiger partial charge in [0.2, 0.25) is 0 Å². The zero-order valence-corrected chi connectivity index (χ0v) is 11.7. The van der Waals surface area contributed by atoms with E-state index in [-0.39, 0.29) is 5.54 Å². The second kappa shape index (κ2) is 5.12. The minimum Gasteiger partial charge on any atom is -0.289 e. The fourth-order valence-corrected chi connectivity index (χ4v) is 2.44. The van der Waals surface area contributed by atoms with E-state index in [9.17, 15) is 0 Å². The van der Waals surface area contributed by atoms with E-state index in [1.54, 1.807) is 0 Å². The molecule has 0 bridgehead atoms. The molecule has 2 rings (SSSR count). The van der Waals surface area contributed by atoms with Crippen molar-refractivity contribution in [2.24, 2.45) is 0 Å². The Kier molecular flexibility index (Phi) is 3.73. The first kappa shape index (κ1) is 13.1. The Balaban J connectivity index is 1.97. The van der Waals surface area contributed by atoms with Gasteiger partial charge in [0, 0.05) is 6.54 Å². The average Bonchev–Trinajstić information content (AvgIpc) is 2.83. The second-order valence-electron chi connectivity index (χ2n) is 5.80. The summed E-state index contributed by atoms with van der Waals surface area (Å²) >= 11 is 0. The lowest BCUT2D eigenvalue weighted by Gasteiger charge is -2.28. The molecule has 0 N–H and O–H groups in total. The lowest BCUT2D eigenvalue weighted by atomic mass is 10.0. The highest BCUT2D eigenvalue weighted by atomic mass is 15.2. The van der Waals surface area contributed by atoms with E-state index < -0.39 is 0 Å². The zero-order chi connectivity index (χ0) is 13.2. The van der Waals surface area contributed by atoms with Gasteiger partial charge in [-0.2, -0.15) is 5.26 Å². The third-order valence-corrected chi connectivity index (χ3v) is 4.13. The van der Waals surface area contributed by atoms with Crippen molar-refractivity contribution < 1.29 is 0 Å². The van der Waals surface area contributed by atoms with Gasteiger partial charge in [-0.1, -0.05) is 18.2 Å². The van der Waals surface area contributed by atoms with Crippen LogP contribution in [0.3, 0.4) is 0 Å². The van der Waals surface area contributed by atoms with Crippen molar-refractivity contribution in [2.75, 3.05) is 13.6 Å². The maximum atomic E-state index is 9.10. The van der Waals surface area contributed by atoms with E-state index in [4.69, 9.17) is 5.26 Å². The highest BCUT2D eigenvalue weighted by Crippen LogP contribution is 2.23. The highest BCUT2D eigenvalue weighted by molar-refractivity contribution is 5.35. The van der Waals surface area contributed by atoms with Gasteiger partial charge in [0.1, 0.15) is 5.54 Å². The van der Waals surface area contributed by atoms with Gasteiger partial charge in [0.05, 0.1) is 6.07 Å². The van der Waals surface area contributed by atoms with Crippen LogP contribution in [0.25, 0.3) is 0 Å². The molecule has 1 aliphatic carbocycles. The topological polar surface area (TPSA) is 27.0 Å². The minimum atomic E-state index is -0.378. The molecule has 1 aliphatic rings. The molecule has 1 aromatic rings. The first-order valence-corrected chi connectivity index (χ1v) is 6.76. The largest absolute Gasteiger partial charge is 0.289 e. The molecule has 0 heterocycles. The van der Waals surface area contributed by atoms with Crippen molar-refractivity contribution in [2.45, 2.75) is 45.1 Å². The molecule has 0 spiro atoms. The van der Waals surface area contributed by atoms with Crippen LogP contribution in [0.1, 0.15) is 37.0 Å². The van der Waals surface area contributed by atoms with E-state index in [0.717, 1.165) is 13.0 Å². The number of benzene rings is 1. The Morgan fingerprint density at radius 3 is 2.72 bits per heavy atom. The zero-order valence-electron chi connectivity index (χ0n) is 11.7. The van der Waals surface area contributed by atoms with Crippen molar-refractivity contribution in [3.63, 3.8) is 0 Å². The minimum absolute atomic E-state index is 0.378. The number of rotatable bonds is 4. The Bertz CT molecular complexity index is 468. The smallest absolute Gasteiger partial charge is 0.103 e. The summed E-state index contributed by atoms with van der Waals surface area (Å²) < 4.78 is 0. The third-order valence-electron chi connectivity index (χ3n) is 4.13. The van der Waals surface area contributed by atoms with Gasteiger partial charge in [0.15, 0.2) is 0 Å². The molecule has 0 unspecified atom stereocenters. The molecule has 18 heavy (non-hydrogen) atoms. The van der Waals surface area contributed by atoms with Crippen LogP contribution in [-0.4, -0.2) is 24.0 Å². The summed E-state index contributed by atoms with van der Waals surface area (Å²) in [7, 11) is 2.02. The van der Waals surface area contributed by atoms with Crippen LogP contribution in [0.15, 0.2) is 18.2 Å². The quantitative estimate of drug-likeness (QED) is 0.811. The van der Waals surface area contributed by atoms with Crippen molar-refractivity contribution >= 4 is 0 Å². The molecule has 2 heteroatoms.